The summed E-state index contributed by atoms with van der Waals surface area (Å²) in [4.78, 5) is 10.0. The van der Waals surface area contributed by atoms with Gasteiger partial charge in [-0.1, -0.05) is 0 Å². The predicted molar refractivity (Wildman–Crippen MR) is 73.4 cm³/mol. The lowest BCUT2D eigenvalue weighted by molar-refractivity contribution is -0.384. The van der Waals surface area contributed by atoms with Gasteiger partial charge in [-0.2, -0.15) is 0 Å². The van der Waals surface area contributed by atoms with Crippen molar-refractivity contribution < 1.29 is 20.2 Å². The summed E-state index contributed by atoms with van der Waals surface area (Å²) in [6, 6.07) is 5.99. The second-order valence-electron chi connectivity index (χ2n) is 4.21. The number of azo groups is 1. The molecule has 0 atom stereocenters. The molecule has 2 rings (SSSR count). The van der Waals surface area contributed by atoms with Crippen LogP contribution < -0.4 is 0 Å². The third-order valence-electron chi connectivity index (χ3n) is 2.82. The second-order valence-corrected chi connectivity index (χ2v) is 4.21. The minimum Gasteiger partial charge on any atom is -0.508 e. The van der Waals surface area contributed by atoms with Gasteiger partial charge in [-0.25, -0.2) is 0 Å². The Balaban J connectivity index is 2.40. The number of non-ortho nitro benzene ring substituents is 1. The fourth-order valence-electron chi connectivity index (χ4n) is 1.57. The van der Waals surface area contributed by atoms with Gasteiger partial charge in [0.2, 0.25) is 0 Å². The van der Waals surface area contributed by atoms with Crippen LogP contribution in [0.5, 0.6) is 17.2 Å². The summed E-state index contributed by atoms with van der Waals surface area (Å²) in [5, 5.41) is 46.8. The SMILES string of the molecule is Cc1c(O)ccc(N=Nc2cc([N+](=O)[O-])ccc2O)c1O. The summed E-state index contributed by atoms with van der Waals surface area (Å²) in [5.41, 5.74) is -0.0480. The topological polar surface area (TPSA) is 129 Å². The van der Waals surface area contributed by atoms with Crippen LogP contribution in [0.3, 0.4) is 0 Å². The van der Waals surface area contributed by atoms with Crippen molar-refractivity contribution in [3.63, 3.8) is 0 Å². The monoisotopic (exact) mass is 289 g/mol. The van der Waals surface area contributed by atoms with Gasteiger partial charge in [-0.05, 0) is 25.1 Å². The van der Waals surface area contributed by atoms with Gasteiger partial charge in [0.05, 0.1) is 4.92 Å². The smallest absolute Gasteiger partial charge is 0.271 e. The number of nitro groups is 1. The molecule has 3 N–H and O–H groups in total. The van der Waals surface area contributed by atoms with Gasteiger partial charge >= 0.3 is 0 Å². The van der Waals surface area contributed by atoms with Gasteiger partial charge in [0.1, 0.15) is 28.6 Å². The fraction of sp³-hybridized carbons (Fsp3) is 0.0769. The van der Waals surface area contributed by atoms with E-state index < -0.39 is 4.92 Å². The van der Waals surface area contributed by atoms with Crippen LogP contribution in [0.2, 0.25) is 0 Å². The number of rotatable bonds is 3. The first-order valence-electron chi connectivity index (χ1n) is 5.81. The summed E-state index contributed by atoms with van der Waals surface area (Å²) in [6.45, 7) is 1.49. The second kappa shape index (κ2) is 5.45. The molecule has 2 aromatic rings. The highest BCUT2D eigenvalue weighted by molar-refractivity contribution is 5.60. The molecule has 0 heterocycles. The van der Waals surface area contributed by atoms with Crippen LogP contribution in [0.1, 0.15) is 5.56 Å². The first kappa shape index (κ1) is 14.3. The lowest BCUT2D eigenvalue weighted by Gasteiger charge is -2.04. The van der Waals surface area contributed by atoms with Crippen LogP contribution in [-0.4, -0.2) is 20.2 Å². The Morgan fingerprint density at radius 3 is 2.29 bits per heavy atom. The maximum Gasteiger partial charge on any atom is 0.271 e. The largest absolute Gasteiger partial charge is 0.508 e. The zero-order valence-electron chi connectivity index (χ0n) is 10.9. The van der Waals surface area contributed by atoms with E-state index in [2.05, 4.69) is 10.2 Å². The quantitative estimate of drug-likeness (QED) is 0.453. The van der Waals surface area contributed by atoms with Crippen molar-refractivity contribution in [2.24, 2.45) is 10.2 Å². The summed E-state index contributed by atoms with van der Waals surface area (Å²) in [7, 11) is 0. The van der Waals surface area contributed by atoms with E-state index in [1.165, 1.54) is 19.1 Å². The molecule has 0 saturated carbocycles. The summed E-state index contributed by atoms with van der Waals surface area (Å²) in [5.74, 6) is -0.632. The number of nitro benzene ring substituents is 1. The molecule has 0 unspecified atom stereocenters. The molecule has 0 aliphatic heterocycles. The summed E-state index contributed by atoms with van der Waals surface area (Å²) >= 11 is 0. The molecule has 0 amide bonds. The number of phenols is 3. The lowest BCUT2D eigenvalue weighted by atomic mass is 10.2. The van der Waals surface area contributed by atoms with Gasteiger partial charge in [-0.3, -0.25) is 10.1 Å². The molecular formula is C13H11N3O5. The molecular weight excluding hydrogens is 278 g/mol. The van der Waals surface area contributed by atoms with Crippen molar-refractivity contribution in [2.75, 3.05) is 0 Å². The zero-order valence-corrected chi connectivity index (χ0v) is 10.9. The van der Waals surface area contributed by atoms with Crippen molar-refractivity contribution in [1.29, 1.82) is 0 Å². The molecule has 0 bridgehead atoms. The zero-order chi connectivity index (χ0) is 15.6. The highest BCUT2D eigenvalue weighted by Gasteiger charge is 2.11. The maximum absolute atomic E-state index is 10.7. The summed E-state index contributed by atoms with van der Waals surface area (Å²) < 4.78 is 0. The molecule has 0 radical (unpaired) electrons. The minimum absolute atomic E-state index is 0.0659. The summed E-state index contributed by atoms with van der Waals surface area (Å²) in [6.07, 6.45) is 0. The number of nitrogens with zero attached hydrogens (tertiary/aromatic N) is 3. The fourth-order valence-corrected chi connectivity index (χ4v) is 1.57. The van der Waals surface area contributed by atoms with E-state index in [1.54, 1.807) is 0 Å². The molecule has 8 nitrogen and oxygen atoms in total. The van der Waals surface area contributed by atoms with Crippen LogP contribution in [0.15, 0.2) is 40.6 Å². The van der Waals surface area contributed by atoms with Gasteiger partial charge < -0.3 is 15.3 Å². The van der Waals surface area contributed by atoms with Gasteiger partial charge in [0.25, 0.3) is 5.69 Å². The Bertz CT molecular complexity index is 743. The normalized spacial score (nSPS) is 10.9. The Morgan fingerprint density at radius 1 is 1.00 bits per heavy atom. The van der Waals surface area contributed by atoms with Crippen LogP contribution in [0.25, 0.3) is 0 Å². The molecule has 0 aliphatic rings. The van der Waals surface area contributed by atoms with E-state index >= 15 is 0 Å². The van der Waals surface area contributed by atoms with E-state index in [0.29, 0.717) is 0 Å². The molecule has 21 heavy (non-hydrogen) atoms. The van der Waals surface area contributed by atoms with E-state index in [-0.39, 0.29) is 39.9 Å². The van der Waals surface area contributed by atoms with Crippen molar-refractivity contribution in [3.8, 4) is 17.2 Å². The van der Waals surface area contributed by atoms with E-state index in [9.17, 15) is 25.4 Å². The molecule has 108 valence electrons. The first-order chi connectivity index (χ1) is 9.90. The van der Waals surface area contributed by atoms with Gasteiger partial charge in [0, 0.05) is 17.7 Å². The van der Waals surface area contributed by atoms with Crippen molar-refractivity contribution in [2.45, 2.75) is 6.92 Å². The number of aromatic hydroxyl groups is 3. The van der Waals surface area contributed by atoms with Crippen LogP contribution in [0, 0.1) is 17.0 Å². The van der Waals surface area contributed by atoms with Crippen LogP contribution in [-0.2, 0) is 0 Å². The highest BCUT2D eigenvalue weighted by Crippen LogP contribution is 2.37. The van der Waals surface area contributed by atoms with E-state index in [1.807, 2.05) is 0 Å². The standard InChI is InChI=1S/C13H11N3O5/c1-7-11(17)5-3-9(13(7)19)14-15-10-6-8(16(20)21)2-4-12(10)18/h2-6,17-19H,1H3. The number of phenolic OH excluding ortho intramolecular Hbond substituents is 3. The lowest BCUT2D eigenvalue weighted by Crippen LogP contribution is -1.86. The van der Waals surface area contributed by atoms with Gasteiger partial charge in [0.15, 0.2) is 0 Å². The van der Waals surface area contributed by atoms with Crippen LogP contribution in [0.4, 0.5) is 17.1 Å². The van der Waals surface area contributed by atoms with Crippen molar-refractivity contribution in [3.05, 3.63) is 46.0 Å². The Morgan fingerprint density at radius 2 is 1.62 bits per heavy atom. The van der Waals surface area contributed by atoms with Crippen molar-refractivity contribution >= 4 is 17.1 Å². The maximum atomic E-state index is 10.7. The van der Waals surface area contributed by atoms with E-state index in [0.717, 1.165) is 18.2 Å². The molecule has 0 aromatic heterocycles. The predicted octanol–water partition coefficient (Wildman–Crippen LogP) is 3.44. The highest BCUT2D eigenvalue weighted by atomic mass is 16.6. The Labute approximate surface area is 118 Å². The first-order valence-corrected chi connectivity index (χ1v) is 5.81. The molecule has 0 saturated heterocycles. The number of benzene rings is 2. The molecule has 0 aliphatic carbocycles. The average molecular weight is 289 g/mol. The Hall–Kier alpha value is -3.16. The van der Waals surface area contributed by atoms with Crippen molar-refractivity contribution in [1.82, 2.24) is 0 Å². The third-order valence-corrected chi connectivity index (χ3v) is 2.82. The van der Waals surface area contributed by atoms with Gasteiger partial charge in [-0.15, -0.1) is 10.2 Å². The van der Waals surface area contributed by atoms with Crippen LogP contribution >= 0.6 is 0 Å². The average Bonchev–Trinajstić information content (AvgIpc) is 2.45. The number of hydrogen-bond acceptors (Lipinski definition) is 7. The Kier molecular flexibility index (Phi) is 3.70. The molecule has 0 fully saturated rings. The molecule has 0 spiro atoms. The molecule has 2 aromatic carbocycles. The van der Waals surface area contributed by atoms with E-state index in [4.69, 9.17) is 0 Å². The minimum atomic E-state index is -0.624. The number of hydrogen-bond donors (Lipinski definition) is 3. The third kappa shape index (κ3) is 2.89. The molecule has 8 heteroatoms.